The van der Waals surface area contributed by atoms with Gasteiger partial charge in [-0.25, -0.2) is 22.9 Å². The summed E-state index contributed by atoms with van der Waals surface area (Å²) in [7, 11) is -16.9. The Kier molecular flexibility index (Phi) is 8.00. The molecule has 0 saturated carbocycles. The van der Waals surface area contributed by atoms with Crippen molar-refractivity contribution in [1.29, 1.82) is 0 Å². The van der Waals surface area contributed by atoms with Gasteiger partial charge in [0.05, 0.1) is 6.61 Å². The van der Waals surface area contributed by atoms with Crippen LogP contribution in [0.5, 0.6) is 0 Å². The van der Waals surface area contributed by atoms with Gasteiger partial charge >= 0.3 is 29.2 Å². The number of aromatic nitrogens is 2. The molecule has 0 spiro atoms. The van der Waals surface area contributed by atoms with Gasteiger partial charge in [0.1, 0.15) is 11.4 Å². The van der Waals surface area contributed by atoms with Crippen molar-refractivity contribution in [2.45, 2.75) is 18.0 Å². The predicted octanol–water partition coefficient (Wildman–Crippen LogP) is -0.465. The lowest BCUT2D eigenvalue weighted by Crippen LogP contribution is -2.47. The zero-order valence-electron chi connectivity index (χ0n) is 15.9. The molecule has 1 aliphatic heterocycles. The Hall–Kier alpha value is -1.32. The van der Waals surface area contributed by atoms with E-state index < -0.39 is 66.2 Å². The smallest absolute Gasteiger partial charge is 0.383 e. The molecule has 6 atom stereocenters. The Morgan fingerprint density at radius 1 is 1.28 bits per heavy atom. The molecule has 32 heavy (non-hydrogen) atoms. The maximum absolute atomic E-state index is 15.1. The monoisotopic (exact) mass is 524 g/mol. The minimum Gasteiger partial charge on any atom is -0.383 e. The van der Waals surface area contributed by atoms with Crippen LogP contribution in [0.2, 0.25) is 0 Å². The van der Waals surface area contributed by atoms with Gasteiger partial charge in [-0.3, -0.25) is 9.09 Å². The maximum atomic E-state index is 15.1. The van der Waals surface area contributed by atoms with Gasteiger partial charge in [0.25, 0.3) is 0 Å². The lowest BCUT2D eigenvalue weighted by Gasteiger charge is -2.31. The Morgan fingerprint density at radius 3 is 2.41 bits per heavy atom. The SMILES string of the molecule is C=C[C@H]1[C@@H](F)[C@H](n2ccc(N)nc2=O)O[C@]1(CN)COP(=O)(O)OP(=O)(O)OP(=O)(O)O. The van der Waals surface area contributed by atoms with Crippen molar-refractivity contribution in [2.24, 2.45) is 11.7 Å². The summed E-state index contributed by atoms with van der Waals surface area (Å²) in [5, 5.41) is 0. The first-order valence-electron chi connectivity index (χ1n) is 8.32. The molecule has 0 radical (unpaired) electrons. The molecule has 1 fully saturated rings. The van der Waals surface area contributed by atoms with E-state index in [0.29, 0.717) is 0 Å². The topological polar surface area (TPSA) is 256 Å². The number of rotatable bonds is 10. The molecule has 1 aliphatic rings. The summed E-state index contributed by atoms with van der Waals surface area (Å²) in [5.74, 6) is -1.47. The molecule has 2 rings (SSSR count). The van der Waals surface area contributed by atoms with E-state index in [1.165, 1.54) is 6.07 Å². The maximum Gasteiger partial charge on any atom is 0.490 e. The highest BCUT2D eigenvalue weighted by molar-refractivity contribution is 7.66. The molecular formula is C12H20FN4O12P3. The van der Waals surface area contributed by atoms with E-state index in [1.54, 1.807) is 0 Å². The molecule has 1 aromatic heterocycles. The van der Waals surface area contributed by atoms with Crippen molar-refractivity contribution in [3.8, 4) is 0 Å². The second-order valence-corrected chi connectivity index (χ2v) is 10.8. The zero-order chi connectivity index (χ0) is 24.5. The number of nitrogen functional groups attached to an aromatic ring is 1. The molecule has 16 nitrogen and oxygen atoms in total. The molecule has 1 aromatic rings. The minimum atomic E-state index is -5.77. The quantitative estimate of drug-likeness (QED) is 0.167. The van der Waals surface area contributed by atoms with Crippen molar-refractivity contribution in [2.75, 3.05) is 18.9 Å². The Balaban J connectivity index is 2.26. The van der Waals surface area contributed by atoms with Crippen molar-refractivity contribution >= 4 is 29.3 Å². The number of nitrogens with zero attached hydrogens (tertiary/aromatic N) is 2. The summed E-state index contributed by atoms with van der Waals surface area (Å²) in [6.45, 7) is 1.83. The van der Waals surface area contributed by atoms with Crippen LogP contribution in [0.25, 0.3) is 0 Å². The molecule has 0 aliphatic carbocycles. The first-order valence-corrected chi connectivity index (χ1v) is 12.8. The fourth-order valence-corrected chi connectivity index (χ4v) is 5.97. The number of hydrogen-bond donors (Lipinski definition) is 6. The van der Waals surface area contributed by atoms with Gasteiger partial charge in [-0.2, -0.15) is 13.6 Å². The van der Waals surface area contributed by atoms with Gasteiger partial charge in [-0.1, -0.05) is 6.08 Å². The standard InChI is InChI=1S/C12H20FN4O12P3/c1-2-7-9(13)10(17-4-3-8(15)16-11(17)18)27-12(7,5-14)6-26-31(22,23)29-32(24,25)28-30(19,20)21/h2-4,7,9-10H,1,5-6,14H2,(H,22,23)(H,24,25)(H2,15,16,18)(H2,19,20,21)/t7-,9+,10+,12+/m0/s1. The largest absolute Gasteiger partial charge is 0.490 e. The molecule has 8 N–H and O–H groups in total. The predicted molar refractivity (Wildman–Crippen MR) is 103 cm³/mol. The van der Waals surface area contributed by atoms with E-state index in [9.17, 15) is 28.3 Å². The average molecular weight is 524 g/mol. The van der Waals surface area contributed by atoms with Crippen molar-refractivity contribution in [3.05, 3.63) is 35.4 Å². The third kappa shape index (κ3) is 6.38. The molecule has 20 heteroatoms. The number of alkyl halides is 1. The van der Waals surface area contributed by atoms with Crippen molar-refractivity contribution < 1.29 is 55.5 Å². The molecule has 0 bridgehead atoms. The second-order valence-electron chi connectivity index (χ2n) is 6.39. The highest BCUT2D eigenvalue weighted by Crippen LogP contribution is 2.66. The second kappa shape index (κ2) is 9.50. The van der Waals surface area contributed by atoms with Crippen LogP contribution in [-0.4, -0.2) is 54.0 Å². The number of phosphoric acid groups is 3. The third-order valence-electron chi connectivity index (χ3n) is 4.19. The Labute approximate surface area is 179 Å². The molecule has 2 unspecified atom stereocenters. The molecular weight excluding hydrogens is 504 g/mol. The summed E-state index contributed by atoms with van der Waals surface area (Å²) in [6, 6.07) is 1.19. The van der Waals surface area contributed by atoms with E-state index in [0.717, 1.165) is 16.8 Å². The van der Waals surface area contributed by atoms with Gasteiger partial charge < -0.3 is 35.8 Å². The third-order valence-corrected chi connectivity index (χ3v) is 7.97. The molecule has 2 heterocycles. The van der Waals surface area contributed by atoms with Crippen LogP contribution in [0.4, 0.5) is 10.2 Å². The number of phosphoric ester groups is 1. The van der Waals surface area contributed by atoms with E-state index >= 15 is 4.39 Å². The number of hydrogen-bond acceptors (Lipinski definition) is 11. The summed E-state index contributed by atoms with van der Waals surface area (Å²) in [5.41, 5.74) is 8.14. The average Bonchev–Trinajstić information content (AvgIpc) is 2.89. The van der Waals surface area contributed by atoms with Crippen LogP contribution in [0.3, 0.4) is 0 Å². The highest BCUT2D eigenvalue weighted by Gasteiger charge is 2.56. The van der Waals surface area contributed by atoms with E-state index in [2.05, 4.69) is 24.7 Å². The van der Waals surface area contributed by atoms with Crippen LogP contribution in [-0.2, 0) is 31.6 Å². The van der Waals surface area contributed by atoms with Gasteiger partial charge in [-0.05, 0) is 6.07 Å². The van der Waals surface area contributed by atoms with Crippen molar-refractivity contribution in [3.63, 3.8) is 0 Å². The van der Waals surface area contributed by atoms with Crippen LogP contribution in [0.15, 0.2) is 29.7 Å². The Morgan fingerprint density at radius 2 is 1.91 bits per heavy atom. The fraction of sp³-hybridized carbons (Fsp3) is 0.500. The first-order chi connectivity index (χ1) is 14.5. The normalized spacial score (nSPS) is 29.9. The van der Waals surface area contributed by atoms with Crippen LogP contribution in [0.1, 0.15) is 6.23 Å². The summed E-state index contributed by atoms with van der Waals surface area (Å²) >= 11 is 0. The van der Waals surface area contributed by atoms with E-state index in [4.69, 9.17) is 26.0 Å². The highest BCUT2D eigenvalue weighted by atomic mass is 31.3. The lowest BCUT2D eigenvalue weighted by molar-refractivity contribution is -0.104. The zero-order valence-corrected chi connectivity index (χ0v) is 18.6. The van der Waals surface area contributed by atoms with E-state index in [-0.39, 0.29) is 5.82 Å². The van der Waals surface area contributed by atoms with Crippen molar-refractivity contribution in [1.82, 2.24) is 9.55 Å². The van der Waals surface area contributed by atoms with Crippen LogP contribution >= 0.6 is 23.5 Å². The molecule has 182 valence electrons. The van der Waals surface area contributed by atoms with Gasteiger partial charge in [0.15, 0.2) is 12.4 Å². The summed E-state index contributed by atoms with van der Waals surface area (Å²) in [6.07, 6.45) is -1.47. The summed E-state index contributed by atoms with van der Waals surface area (Å²) in [4.78, 5) is 51.4. The van der Waals surface area contributed by atoms with E-state index in [1.807, 2.05) is 0 Å². The van der Waals surface area contributed by atoms with Gasteiger partial charge in [0.2, 0.25) is 0 Å². The Bertz CT molecular complexity index is 1060. The number of ether oxygens (including phenoxy) is 1. The first kappa shape index (κ1) is 26.9. The number of nitrogens with two attached hydrogens (primary N) is 2. The van der Waals surface area contributed by atoms with Crippen LogP contribution < -0.4 is 17.2 Å². The van der Waals surface area contributed by atoms with Gasteiger partial charge in [-0.15, -0.1) is 6.58 Å². The number of anilines is 1. The van der Waals surface area contributed by atoms with Crippen LogP contribution in [0, 0.1) is 5.92 Å². The summed E-state index contributed by atoms with van der Waals surface area (Å²) < 4.78 is 67.3. The molecule has 0 amide bonds. The lowest BCUT2D eigenvalue weighted by atomic mass is 9.86. The molecule has 0 aromatic carbocycles. The number of halogens is 1. The van der Waals surface area contributed by atoms with Gasteiger partial charge in [0, 0.05) is 18.7 Å². The fourth-order valence-electron chi connectivity index (χ4n) is 2.89. The molecule has 1 saturated heterocycles. The minimum absolute atomic E-state index is 0.141.